The van der Waals surface area contributed by atoms with Crippen molar-refractivity contribution in [3.05, 3.63) is 63.5 Å². The molecule has 0 spiro atoms. The number of thiocarbonyl (C=S) groups is 1. The minimum Gasteiger partial charge on any atom is -0.332 e. The van der Waals surface area contributed by atoms with Crippen LogP contribution < -0.4 is 10.6 Å². The molecule has 4 aromatic rings. The van der Waals surface area contributed by atoms with Gasteiger partial charge in [0.15, 0.2) is 10.9 Å². The van der Waals surface area contributed by atoms with Gasteiger partial charge in [-0.2, -0.15) is 9.61 Å². The zero-order valence-corrected chi connectivity index (χ0v) is 19.0. The first-order valence-electron chi connectivity index (χ1n) is 8.73. The predicted octanol–water partition coefficient (Wildman–Crippen LogP) is 4.15. The molecule has 2 heterocycles. The predicted molar refractivity (Wildman–Crippen MR) is 126 cm³/mol. The van der Waals surface area contributed by atoms with Crippen LogP contribution >= 0.6 is 46.1 Å². The fourth-order valence-corrected chi connectivity index (χ4v) is 4.06. The van der Waals surface area contributed by atoms with E-state index in [1.807, 2.05) is 43.3 Å². The third kappa shape index (κ3) is 4.43. The van der Waals surface area contributed by atoms with Crippen LogP contribution in [0.3, 0.4) is 0 Å². The van der Waals surface area contributed by atoms with Gasteiger partial charge in [-0.05, 0) is 83.3 Å². The molecule has 10 heteroatoms. The van der Waals surface area contributed by atoms with Gasteiger partial charge in [0.05, 0.1) is 0 Å². The second-order valence-corrected chi connectivity index (χ2v) is 8.67. The molecule has 2 N–H and O–H groups in total. The molecular formula is C19H15IN6OS2. The summed E-state index contributed by atoms with van der Waals surface area (Å²) in [6.07, 6.45) is 0.776. The average Bonchev–Trinajstić information content (AvgIpc) is 3.29. The Kier molecular flexibility index (Phi) is 5.83. The monoisotopic (exact) mass is 534 g/mol. The number of hydrogen-bond acceptors (Lipinski definition) is 6. The molecule has 29 heavy (non-hydrogen) atoms. The average molecular weight is 534 g/mol. The highest BCUT2D eigenvalue weighted by atomic mass is 127. The molecule has 2 aromatic heterocycles. The summed E-state index contributed by atoms with van der Waals surface area (Å²) >= 11 is 8.93. The maximum atomic E-state index is 12.2. The fourth-order valence-electron chi connectivity index (χ4n) is 2.63. The number of aromatic nitrogens is 4. The van der Waals surface area contributed by atoms with Crippen LogP contribution in [0.4, 0.5) is 5.69 Å². The lowest BCUT2D eigenvalue weighted by Gasteiger charge is -2.10. The molecule has 0 radical (unpaired) electrons. The molecule has 0 bridgehead atoms. The summed E-state index contributed by atoms with van der Waals surface area (Å²) in [5, 5.41) is 19.7. The van der Waals surface area contributed by atoms with E-state index in [-0.39, 0.29) is 11.0 Å². The summed E-state index contributed by atoms with van der Waals surface area (Å²) in [4.78, 5) is 13.0. The van der Waals surface area contributed by atoms with Gasteiger partial charge in [-0.25, -0.2) is 0 Å². The van der Waals surface area contributed by atoms with Crippen molar-refractivity contribution < 1.29 is 4.79 Å². The third-order valence-corrected chi connectivity index (χ3v) is 5.97. The number of hydrogen-bond donors (Lipinski definition) is 2. The number of fused-ring (bicyclic) bond motifs is 1. The zero-order valence-electron chi connectivity index (χ0n) is 15.2. The van der Waals surface area contributed by atoms with E-state index in [4.69, 9.17) is 12.2 Å². The van der Waals surface area contributed by atoms with E-state index in [1.165, 1.54) is 11.3 Å². The number of rotatable bonds is 4. The molecule has 0 saturated carbocycles. The fraction of sp³-hybridized carbons (Fsp3) is 0.105. The Morgan fingerprint density at radius 2 is 1.86 bits per heavy atom. The van der Waals surface area contributed by atoms with Crippen LogP contribution in [0.15, 0.2) is 48.5 Å². The van der Waals surface area contributed by atoms with Crippen LogP contribution in [-0.4, -0.2) is 30.8 Å². The summed E-state index contributed by atoms with van der Waals surface area (Å²) in [6, 6.07) is 15.0. The van der Waals surface area contributed by atoms with E-state index in [0.717, 1.165) is 37.0 Å². The van der Waals surface area contributed by atoms with Crippen molar-refractivity contribution in [1.82, 2.24) is 25.1 Å². The van der Waals surface area contributed by atoms with Crippen molar-refractivity contribution in [2.24, 2.45) is 0 Å². The number of carbonyl (C=O) groups excluding carboxylic acids is 1. The Balaban J connectivity index is 1.42. The molecule has 0 atom stereocenters. The molecule has 0 saturated heterocycles. The van der Waals surface area contributed by atoms with Gasteiger partial charge in [0, 0.05) is 26.8 Å². The van der Waals surface area contributed by atoms with Crippen molar-refractivity contribution in [3.8, 4) is 10.6 Å². The Bertz CT molecular complexity index is 1180. The number of amides is 1. The molecule has 0 unspecified atom stereocenters. The smallest absolute Gasteiger partial charge is 0.257 e. The lowest BCUT2D eigenvalue weighted by atomic mass is 10.2. The Morgan fingerprint density at radius 3 is 2.55 bits per heavy atom. The van der Waals surface area contributed by atoms with Crippen LogP contribution in [0.25, 0.3) is 15.5 Å². The molecule has 7 nitrogen and oxygen atoms in total. The van der Waals surface area contributed by atoms with Crippen LogP contribution in [0.5, 0.6) is 0 Å². The SMILES string of the molecule is CCc1nnc2sc(-c3ccc(NC(=S)NC(=O)c4ccc(I)cc4)cc3)nn12. The van der Waals surface area contributed by atoms with Crippen molar-refractivity contribution in [2.75, 3.05) is 5.32 Å². The molecule has 0 aliphatic heterocycles. The van der Waals surface area contributed by atoms with E-state index < -0.39 is 0 Å². The van der Waals surface area contributed by atoms with Crippen molar-refractivity contribution in [3.63, 3.8) is 0 Å². The van der Waals surface area contributed by atoms with Gasteiger partial charge < -0.3 is 5.32 Å². The first-order chi connectivity index (χ1) is 14.0. The standard InChI is InChI=1S/C19H15IN6OS2/c1-2-15-23-24-19-26(15)25-17(29-19)12-5-9-14(10-6-12)21-18(28)22-16(27)11-3-7-13(20)8-4-11/h3-10H,2H2,1H3,(H2,21,22,27,28). The van der Waals surface area contributed by atoms with Crippen molar-refractivity contribution >= 4 is 67.8 Å². The Hall–Kier alpha value is -2.44. The Labute approximate surface area is 189 Å². The molecular weight excluding hydrogens is 519 g/mol. The molecule has 2 aromatic carbocycles. The number of aryl methyl sites for hydroxylation is 1. The van der Waals surface area contributed by atoms with Gasteiger partial charge in [-0.15, -0.1) is 10.2 Å². The summed E-state index contributed by atoms with van der Waals surface area (Å²) < 4.78 is 2.84. The van der Waals surface area contributed by atoms with E-state index >= 15 is 0 Å². The molecule has 0 aliphatic rings. The van der Waals surface area contributed by atoms with Gasteiger partial charge in [0.1, 0.15) is 5.01 Å². The first-order valence-corrected chi connectivity index (χ1v) is 11.0. The first kappa shape index (κ1) is 19.9. The normalized spacial score (nSPS) is 10.8. The molecule has 0 fully saturated rings. The number of nitrogens with zero attached hydrogens (tertiary/aromatic N) is 4. The topological polar surface area (TPSA) is 84.2 Å². The largest absolute Gasteiger partial charge is 0.332 e. The van der Waals surface area contributed by atoms with Crippen LogP contribution in [-0.2, 0) is 6.42 Å². The van der Waals surface area contributed by atoms with E-state index in [1.54, 1.807) is 16.6 Å². The summed E-state index contributed by atoms with van der Waals surface area (Å²) in [6.45, 7) is 2.02. The molecule has 1 amide bonds. The van der Waals surface area contributed by atoms with Gasteiger partial charge in [-0.1, -0.05) is 18.3 Å². The van der Waals surface area contributed by atoms with Crippen LogP contribution in [0, 0.1) is 3.57 Å². The molecule has 0 aliphatic carbocycles. The van der Waals surface area contributed by atoms with Gasteiger partial charge in [-0.3, -0.25) is 10.1 Å². The van der Waals surface area contributed by atoms with E-state index in [0.29, 0.717) is 5.56 Å². The number of anilines is 1. The van der Waals surface area contributed by atoms with Crippen LogP contribution in [0.1, 0.15) is 23.1 Å². The van der Waals surface area contributed by atoms with Gasteiger partial charge in [0.25, 0.3) is 5.91 Å². The highest BCUT2D eigenvalue weighted by Gasteiger charge is 2.12. The van der Waals surface area contributed by atoms with Crippen molar-refractivity contribution in [1.29, 1.82) is 0 Å². The molecule has 146 valence electrons. The van der Waals surface area contributed by atoms with E-state index in [2.05, 4.69) is 48.5 Å². The third-order valence-electron chi connectivity index (χ3n) is 4.09. The second-order valence-electron chi connectivity index (χ2n) is 6.06. The van der Waals surface area contributed by atoms with Crippen LogP contribution in [0.2, 0.25) is 0 Å². The highest BCUT2D eigenvalue weighted by Crippen LogP contribution is 2.26. The second kappa shape index (κ2) is 8.51. The maximum Gasteiger partial charge on any atom is 0.257 e. The zero-order chi connectivity index (χ0) is 20.4. The Morgan fingerprint density at radius 1 is 1.14 bits per heavy atom. The lowest BCUT2D eigenvalue weighted by molar-refractivity contribution is 0.0977. The number of halogens is 1. The number of benzene rings is 2. The minimum atomic E-state index is -0.248. The number of nitrogens with one attached hydrogen (secondary N) is 2. The highest BCUT2D eigenvalue weighted by molar-refractivity contribution is 14.1. The number of carbonyl (C=O) groups is 1. The quantitative estimate of drug-likeness (QED) is 0.303. The minimum absolute atomic E-state index is 0.243. The van der Waals surface area contributed by atoms with Gasteiger partial charge >= 0.3 is 0 Å². The maximum absolute atomic E-state index is 12.2. The summed E-state index contributed by atoms with van der Waals surface area (Å²) in [7, 11) is 0. The summed E-state index contributed by atoms with van der Waals surface area (Å²) in [5.41, 5.74) is 2.31. The van der Waals surface area contributed by atoms with Crippen molar-refractivity contribution in [2.45, 2.75) is 13.3 Å². The summed E-state index contributed by atoms with van der Waals surface area (Å²) in [5.74, 6) is 0.594. The lowest BCUT2D eigenvalue weighted by Crippen LogP contribution is -2.34. The van der Waals surface area contributed by atoms with Gasteiger partial charge in [0.2, 0.25) is 4.96 Å². The molecule has 4 rings (SSSR count). The van der Waals surface area contributed by atoms with E-state index in [9.17, 15) is 4.79 Å².